The normalized spacial score (nSPS) is 18.5. The number of carbonyl (C=O) groups is 1. The van der Waals surface area contributed by atoms with Crippen LogP contribution in [0.15, 0.2) is 0 Å². The van der Waals surface area contributed by atoms with Crippen LogP contribution < -0.4 is 5.32 Å². The first-order valence-electron chi connectivity index (χ1n) is 7.29. The van der Waals surface area contributed by atoms with E-state index in [0.717, 1.165) is 25.9 Å². The van der Waals surface area contributed by atoms with Crippen LogP contribution in [0.3, 0.4) is 0 Å². The summed E-state index contributed by atoms with van der Waals surface area (Å²) in [5.41, 5.74) is 0. The molecule has 5 heteroatoms. The Morgan fingerprint density at radius 2 is 2.05 bits per heavy atom. The first-order valence-corrected chi connectivity index (χ1v) is 7.29. The molecule has 0 radical (unpaired) electrons. The molecule has 1 amide bonds. The Hall–Kier alpha value is -0.650. The lowest BCUT2D eigenvalue weighted by molar-refractivity contribution is -0.123. The van der Waals surface area contributed by atoms with Gasteiger partial charge in [-0.05, 0) is 24.7 Å². The van der Waals surface area contributed by atoms with E-state index in [1.807, 2.05) is 0 Å². The van der Waals surface area contributed by atoms with Gasteiger partial charge in [0.1, 0.15) is 0 Å². The SMILES string of the molecule is CC(C)CC(CCO)CNC(=O)CN1CCOCC1. The van der Waals surface area contributed by atoms with Crippen molar-refractivity contribution in [3.63, 3.8) is 0 Å². The predicted molar refractivity (Wildman–Crippen MR) is 74.9 cm³/mol. The van der Waals surface area contributed by atoms with Crippen LogP contribution in [0.1, 0.15) is 26.7 Å². The summed E-state index contributed by atoms with van der Waals surface area (Å²) < 4.78 is 5.25. The van der Waals surface area contributed by atoms with Crippen molar-refractivity contribution < 1.29 is 14.6 Å². The molecule has 1 heterocycles. The van der Waals surface area contributed by atoms with Crippen molar-refractivity contribution in [2.45, 2.75) is 26.7 Å². The fourth-order valence-corrected chi connectivity index (χ4v) is 2.43. The van der Waals surface area contributed by atoms with E-state index in [0.29, 0.717) is 38.1 Å². The Kier molecular flexibility index (Phi) is 8.02. The number of morpholine rings is 1. The second-order valence-electron chi connectivity index (χ2n) is 5.70. The highest BCUT2D eigenvalue weighted by Crippen LogP contribution is 2.14. The lowest BCUT2D eigenvalue weighted by atomic mass is 9.94. The maximum atomic E-state index is 11.8. The Balaban J connectivity index is 2.22. The van der Waals surface area contributed by atoms with Gasteiger partial charge in [0, 0.05) is 26.2 Å². The molecule has 0 aromatic heterocycles. The lowest BCUT2D eigenvalue weighted by Crippen LogP contribution is -2.44. The highest BCUT2D eigenvalue weighted by atomic mass is 16.5. The largest absolute Gasteiger partial charge is 0.396 e. The Labute approximate surface area is 116 Å². The number of rotatable bonds is 8. The number of nitrogens with one attached hydrogen (secondary N) is 1. The molecule has 1 rings (SSSR count). The van der Waals surface area contributed by atoms with Crippen LogP contribution in [-0.4, -0.2) is 61.9 Å². The zero-order chi connectivity index (χ0) is 14.1. The smallest absolute Gasteiger partial charge is 0.234 e. The average molecular weight is 272 g/mol. The Bertz CT molecular complexity index is 253. The van der Waals surface area contributed by atoms with Crippen molar-refractivity contribution in [1.82, 2.24) is 10.2 Å². The third-order valence-corrected chi connectivity index (χ3v) is 3.40. The molecule has 0 aromatic rings. The molecule has 19 heavy (non-hydrogen) atoms. The molecule has 0 saturated carbocycles. The van der Waals surface area contributed by atoms with Crippen molar-refractivity contribution in [1.29, 1.82) is 0 Å². The molecular weight excluding hydrogens is 244 g/mol. The highest BCUT2D eigenvalue weighted by Gasteiger charge is 2.16. The van der Waals surface area contributed by atoms with Crippen molar-refractivity contribution >= 4 is 5.91 Å². The fourth-order valence-electron chi connectivity index (χ4n) is 2.43. The summed E-state index contributed by atoms with van der Waals surface area (Å²) in [7, 11) is 0. The predicted octanol–water partition coefficient (Wildman–Crippen LogP) is 0.480. The van der Waals surface area contributed by atoms with Gasteiger partial charge >= 0.3 is 0 Å². The van der Waals surface area contributed by atoms with Gasteiger partial charge < -0.3 is 15.2 Å². The number of aliphatic hydroxyl groups is 1. The highest BCUT2D eigenvalue weighted by molar-refractivity contribution is 5.78. The van der Waals surface area contributed by atoms with Crippen LogP contribution in [0.2, 0.25) is 0 Å². The molecule has 0 aromatic carbocycles. The van der Waals surface area contributed by atoms with Gasteiger partial charge in [-0.25, -0.2) is 0 Å². The molecule has 1 aliphatic heterocycles. The van der Waals surface area contributed by atoms with Gasteiger partial charge in [0.05, 0.1) is 19.8 Å². The van der Waals surface area contributed by atoms with Gasteiger partial charge in [-0.1, -0.05) is 13.8 Å². The monoisotopic (exact) mass is 272 g/mol. The molecule has 0 aliphatic carbocycles. The van der Waals surface area contributed by atoms with E-state index in [-0.39, 0.29) is 12.5 Å². The summed E-state index contributed by atoms with van der Waals surface area (Å²) in [4.78, 5) is 14.0. The Morgan fingerprint density at radius 3 is 2.63 bits per heavy atom. The average Bonchev–Trinajstić information content (AvgIpc) is 2.37. The van der Waals surface area contributed by atoms with Crippen molar-refractivity contribution in [2.24, 2.45) is 11.8 Å². The molecule has 112 valence electrons. The van der Waals surface area contributed by atoms with E-state index in [2.05, 4.69) is 24.1 Å². The first kappa shape index (κ1) is 16.4. The van der Waals surface area contributed by atoms with E-state index in [9.17, 15) is 4.79 Å². The summed E-state index contributed by atoms with van der Waals surface area (Å²) in [5.74, 6) is 1.04. The number of hydrogen-bond acceptors (Lipinski definition) is 4. The standard InChI is InChI=1S/C14H28N2O3/c1-12(2)9-13(3-6-17)10-15-14(18)11-16-4-7-19-8-5-16/h12-13,17H,3-11H2,1-2H3,(H,15,18). The van der Waals surface area contributed by atoms with Crippen LogP contribution >= 0.6 is 0 Å². The quantitative estimate of drug-likeness (QED) is 0.675. The maximum Gasteiger partial charge on any atom is 0.234 e. The number of nitrogens with zero attached hydrogens (tertiary/aromatic N) is 1. The first-order chi connectivity index (χ1) is 9.11. The number of amides is 1. The van der Waals surface area contributed by atoms with Gasteiger partial charge in [-0.2, -0.15) is 0 Å². The zero-order valence-electron chi connectivity index (χ0n) is 12.2. The van der Waals surface area contributed by atoms with E-state index >= 15 is 0 Å². The second kappa shape index (κ2) is 9.28. The summed E-state index contributed by atoms with van der Waals surface area (Å²) in [6, 6.07) is 0. The van der Waals surface area contributed by atoms with Crippen LogP contribution in [0.25, 0.3) is 0 Å². The number of aliphatic hydroxyl groups excluding tert-OH is 1. The maximum absolute atomic E-state index is 11.8. The van der Waals surface area contributed by atoms with Crippen molar-refractivity contribution in [2.75, 3.05) is 46.0 Å². The molecule has 1 unspecified atom stereocenters. The Morgan fingerprint density at radius 1 is 1.37 bits per heavy atom. The lowest BCUT2D eigenvalue weighted by Gasteiger charge is -2.26. The van der Waals surface area contributed by atoms with E-state index < -0.39 is 0 Å². The van der Waals surface area contributed by atoms with Crippen LogP contribution in [0.5, 0.6) is 0 Å². The molecule has 1 saturated heterocycles. The third kappa shape index (κ3) is 7.50. The van der Waals surface area contributed by atoms with Crippen molar-refractivity contribution in [3.8, 4) is 0 Å². The molecule has 1 fully saturated rings. The molecule has 1 aliphatic rings. The fraction of sp³-hybridized carbons (Fsp3) is 0.929. The summed E-state index contributed by atoms with van der Waals surface area (Å²) in [6.07, 6.45) is 1.80. The number of hydrogen-bond donors (Lipinski definition) is 2. The van der Waals surface area contributed by atoms with Crippen LogP contribution in [0, 0.1) is 11.8 Å². The summed E-state index contributed by atoms with van der Waals surface area (Å²) >= 11 is 0. The summed E-state index contributed by atoms with van der Waals surface area (Å²) in [6.45, 7) is 8.75. The van der Waals surface area contributed by atoms with Gasteiger partial charge in [0.25, 0.3) is 0 Å². The van der Waals surface area contributed by atoms with Gasteiger partial charge in [0.2, 0.25) is 5.91 Å². The minimum Gasteiger partial charge on any atom is -0.396 e. The van der Waals surface area contributed by atoms with E-state index in [1.165, 1.54) is 0 Å². The zero-order valence-corrected chi connectivity index (χ0v) is 12.2. The number of ether oxygens (including phenoxy) is 1. The van der Waals surface area contributed by atoms with Crippen LogP contribution in [0.4, 0.5) is 0 Å². The summed E-state index contributed by atoms with van der Waals surface area (Å²) in [5, 5.41) is 12.0. The van der Waals surface area contributed by atoms with Gasteiger partial charge in [-0.3, -0.25) is 9.69 Å². The molecule has 1 atom stereocenters. The van der Waals surface area contributed by atoms with Gasteiger partial charge in [-0.15, -0.1) is 0 Å². The second-order valence-corrected chi connectivity index (χ2v) is 5.70. The molecule has 2 N–H and O–H groups in total. The third-order valence-electron chi connectivity index (χ3n) is 3.40. The molecular formula is C14H28N2O3. The van der Waals surface area contributed by atoms with Crippen LogP contribution in [-0.2, 0) is 9.53 Å². The number of carbonyl (C=O) groups excluding carboxylic acids is 1. The topological polar surface area (TPSA) is 61.8 Å². The van der Waals surface area contributed by atoms with E-state index in [4.69, 9.17) is 9.84 Å². The van der Waals surface area contributed by atoms with Crippen molar-refractivity contribution in [3.05, 3.63) is 0 Å². The van der Waals surface area contributed by atoms with Gasteiger partial charge in [0.15, 0.2) is 0 Å². The molecule has 0 spiro atoms. The minimum absolute atomic E-state index is 0.0774. The van der Waals surface area contributed by atoms with E-state index in [1.54, 1.807) is 0 Å². The minimum atomic E-state index is 0.0774. The molecule has 5 nitrogen and oxygen atoms in total. The molecule has 0 bridgehead atoms.